The van der Waals surface area contributed by atoms with Gasteiger partial charge in [-0.05, 0) is 19.1 Å². The van der Waals surface area contributed by atoms with Crippen molar-refractivity contribution in [3.05, 3.63) is 53.6 Å². The molecule has 0 aliphatic carbocycles. The van der Waals surface area contributed by atoms with Crippen LogP contribution in [0, 0.1) is 11.6 Å². The van der Waals surface area contributed by atoms with E-state index >= 15 is 0 Å². The summed E-state index contributed by atoms with van der Waals surface area (Å²) in [6.07, 6.45) is 3.31. The van der Waals surface area contributed by atoms with Gasteiger partial charge in [-0.3, -0.25) is 5.84 Å². The Hall–Kier alpha value is -1.79. The van der Waals surface area contributed by atoms with Gasteiger partial charge in [-0.15, -0.1) is 0 Å². The maximum Gasteiger partial charge on any atom is 0.131 e. The van der Waals surface area contributed by atoms with Gasteiger partial charge in [0.2, 0.25) is 0 Å². The van der Waals surface area contributed by atoms with Gasteiger partial charge in [0.05, 0.1) is 0 Å². The van der Waals surface area contributed by atoms with E-state index in [1.165, 1.54) is 18.2 Å². The van der Waals surface area contributed by atoms with Crippen LogP contribution in [0.2, 0.25) is 0 Å². The van der Waals surface area contributed by atoms with E-state index in [1.807, 2.05) is 6.92 Å². The number of rotatable bonds is 4. The average Bonchev–Trinajstić information content (AvgIpc) is 2.82. The lowest BCUT2D eigenvalue weighted by molar-refractivity contribution is 0.486. The third kappa shape index (κ3) is 2.12. The van der Waals surface area contributed by atoms with Crippen molar-refractivity contribution in [2.24, 2.45) is 5.84 Å². The summed E-state index contributed by atoms with van der Waals surface area (Å²) in [5.41, 5.74) is 2.29. The maximum atomic E-state index is 13.7. The Bertz CT molecular complexity index is 518. The van der Waals surface area contributed by atoms with Gasteiger partial charge < -0.3 is 4.57 Å². The van der Waals surface area contributed by atoms with Crippen LogP contribution >= 0.6 is 0 Å². The second-order valence-corrected chi connectivity index (χ2v) is 3.81. The van der Waals surface area contributed by atoms with E-state index in [9.17, 15) is 8.78 Å². The lowest BCUT2D eigenvalue weighted by Gasteiger charge is -2.18. The van der Waals surface area contributed by atoms with E-state index in [4.69, 9.17) is 5.84 Å². The predicted molar refractivity (Wildman–Crippen MR) is 63.4 cm³/mol. The number of benzene rings is 1. The predicted octanol–water partition coefficient (Wildman–Crippen LogP) is 1.73. The molecular formula is C12H14F2N4. The van der Waals surface area contributed by atoms with Gasteiger partial charge >= 0.3 is 0 Å². The zero-order chi connectivity index (χ0) is 13.1. The molecule has 0 radical (unpaired) electrons. The molecule has 1 aromatic heterocycles. The van der Waals surface area contributed by atoms with Crippen LogP contribution in [0.15, 0.2) is 30.6 Å². The quantitative estimate of drug-likeness (QED) is 0.643. The molecule has 0 fully saturated rings. The van der Waals surface area contributed by atoms with Gasteiger partial charge in [0.1, 0.15) is 23.5 Å². The number of nitrogens with two attached hydrogens (primary N) is 1. The van der Waals surface area contributed by atoms with Crippen LogP contribution in [-0.2, 0) is 6.54 Å². The third-order valence-corrected chi connectivity index (χ3v) is 2.80. The number of imidazole rings is 1. The van der Waals surface area contributed by atoms with Crippen LogP contribution in [0.25, 0.3) is 0 Å². The van der Waals surface area contributed by atoms with Crippen molar-refractivity contribution in [3.8, 4) is 0 Å². The number of hydrazine groups is 1. The fraction of sp³-hybridized carbons (Fsp3) is 0.250. The number of hydrogen-bond acceptors (Lipinski definition) is 3. The van der Waals surface area contributed by atoms with E-state index in [-0.39, 0.29) is 5.56 Å². The first-order valence-corrected chi connectivity index (χ1v) is 5.60. The fourth-order valence-corrected chi connectivity index (χ4v) is 1.92. The lowest BCUT2D eigenvalue weighted by atomic mass is 10.1. The molecule has 0 aliphatic rings. The molecule has 1 atom stereocenters. The van der Waals surface area contributed by atoms with Crippen molar-refractivity contribution in [2.45, 2.75) is 19.5 Å². The molecule has 0 saturated heterocycles. The summed E-state index contributed by atoms with van der Waals surface area (Å²) in [7, 11) is 0. The van der Waals surface area contributed by atoms with Crippen molar-refractivity contribution < 1.29 is 8.78 Å². The molecule has 0 saturated carbocycles. The number of nitrogens with zero attached hydrogens (tertiary/aromatic N) is 2. The first-order chi connectivity index (χ1) is 8.69. The highest BCUT2D eigenvalue weighted by Gasteiger charge is 2.24. The van der Waals surface area contributed by atoms with E-state index in [0.29, 0.717) is 12.4 Å². The van der Waals surface area contributed by atoms with E-state index in [1.54, 1.807) is 17.0 Å². The molecule has 0 aliphatic heterocycles. The number of nitrogens with one attached hydrogen (secondary N) is 1. The summed E-state index contributed by atoms with van der Waals surface area (Å²) in [5, 5.41) is 0. The number of halogens is 2. The van der Waals surface area contributed by atoms with Crippen molar-refractivity contribution >= 4 is 0 Å². The zero-order valence-corrected chi connectivity index (χ0v) is 9.90. The Morgan fingerprint density at radius 1 is 1.39 bits per heavy atom. The summed E-state index contributed by atoms with van der Waals surface area (Å²) >= 11 is 0. The molecule has 1 heterocycles. The Morgan fingerprint density at radius 2 is 2.06 bits per heavy atom. The van der Waals surface area contributed by atoms with Crippen LogP contribution < -0.4 is 11.3 Å². The first-order valence-electron chi connectivity index (χ1n) is 5.60. The van der Waals surface area contributed by atoms with Crippen molar-refractivity contribution in [3.63, 3.8) is 0 Å². The summed E-state index contributed by atoms with van der Waals surface area (Å²) in [6.45, 7) is 2.56. The summed E-state index contributed by atoms with van der Waals surface area (Å²) in [4.78, 5) is 4.10. The van der Waals surface area contributed by atoms with Crippen molar-refractivity contribution in [1.29, 1.82) is 0 Å². The normalized spacial score (nSPS) is 12.7. The van der Waals surface area contributed by atoms with Crippen LogP contribution in [0.4, 0.5) is 8.78 Å². The van der Waals surface area contributed by atoms with Gasteiger partial charge in [0.25, 0.3) is 0 Å². The van der Waals surface area contributed by atoms with Crippen molar-refractivity contribution in [2.75, 3.05) is 0 Å². The lowest BCUT2D eigenvalue weighted by Crippen LogP contribution is -2.32. The smallest absolute Gasteiger partial charge is 0.131 e. The Kier molecular flexibility index (Phi) is 3.69. The second-order valence-electron chi connectivity index (χ2n) is 3.81. The molecule has 0 bridgehead atoms. The Morgan fingerprint density at radius 3 is 2.61 bits per heavy atom. The summed E-state index contributed by atoms with van der Waals surface area (Å²) in [5.74, 6) is 4.60. The van der Waals surface area contributed by atoms with Crippen LogP contribution in [0.3, 0.4) is 0 Å². The standard InChI is InChI=1S/C12H14F2N4/c1-2-18-7-6-16-12(18)11(17-15)10-8(13)4-3-5-9(10)14/h3-7,11,17H,2,15H2,1H3. The molecule has 0 amide bonds. The van der Waals surface area contributed by atoms with Gasteiger partial charge in [-0.1, -0.05) is 6.07 Å². The van der Waals surface area contributed by atoms with Crippen LogP contribution in [0.1, 0.15) is 24.4 Å². The SMILES string of the molecule is CCn1ccnc1C(NN)c1c(F)cccc1F. The minimum Gasteiger partial charge on any atom is -0.334 e. The van der Waals surface area contributed by atoms with Crippen LogP contribution in [0.5, 0.6) is 0 Å². The maximum absolute atomic E-state index is 13.7. The van der Waals surface area contributed by atoms with Gasteiger partial charge in [0, 0.05) is 24.5 Å². The van der Waals surface area contributed by atoms with Gasteiger partial charge in [-0.2, -0.15) is 0 Å². The number of hydrogen-bond donors (Lipinski definition) is 2. The molecule has 0 spiro atoms. The molecule has 2 aromatic rings. The molecule has 1 aromatic carbocycles. The highest BCUT2D eigenvalue weighted by Crippen LogP contribution is 2.25. The Labute approximate surface area is 103 Å². The molecule has 4 nitrogen and oxygen atoms in total. The van der Waals surface area contributed by atoms with E-state index in [2.05, 4.69) is 10.4 Å². The molecular weight excluding hydrogens is 238 g/mol. The molecule has 96 valence electrons. The fourth-order valence-electron chi connectivity index (χ4n) is 1.92. The molecule has 1 unspecified atom stereocenters. The topological polar surface area (TPSA) is 55.9 Å². The molecule has 2 rings (SSSR count). The summed E-state index contributed by atoms with van der Waals surface area (Å²) in [6, 6.07) is 2.89. The second kappa shape index (κ2) is 5.24. The molecule has 18 heavy (non-hydrogen) atoms. The highest BCUT2D eigenvalue weighted by molar-refractivity contribution is 5.28. The third-order valence-electron chi connectivity index (χ3n) is 2.80. The highest BCUT2D eigenvalue weighted by atomic mass is 19.1. The minimum atomic E-state index is -0.818. The van der Waals surface area contributed by atoms with E-state index in [0.717, 1.165) is 0 Å². The van der Waals surface area contributed by atoms with E-state index < -0.39 is 17.7 Å². The van der Waals surface area contributed by atoms with Crippen molar-refractivity contribution in [1.82, 2.24) is 15.0 Å². The monoisotopic (exact) mass is 252 g/mol. The van der Waals surface area contributed by atoms with Gasteiger partial charge in [0.15, 0.2) is 0 Å². The van der Waals surface area contributed by atoms with Gasteiger partial charge in [-0.25, -0.2) is 19.2 Å². The zero-order valence-electron chi connectivity index (χ0n) is 9.90. The number of aromatic nitrogens is 2. The first kappa shape index (κ1) is 12.7. The number of aryl methyl sites for hydroxylation is 1. The largest absolute Gasteiger partial charge is 0.334 e. The average molecular weight is 252 g/mol. The minimum absolute atomic E-state index is 0.124. The van der Waals surface area contributed by atoms with Crippen LogP contribution in [-0.4, -0.2) is 9.55 Å². The molecule has 6 heteroatoms. The molecule has 3 N–H and O–H groups in total. The summed E-state index contributed by atoms with van der Waals surface area (Å²) < 4.78 is 29.3. The Balaban J connectivity index is 2.52.